The molecule has 0 fully saturated rings. The van der Waals surface area contributed by atoms with E-state index in [1.54, 1.807) is 4.68 Å². The summed E-state index contributed by atoms with van der Waals surface area (Å²) < 4.78 is 24.5. The number of anilines is 1. The second-order valence-electron chi connectivity index (χ2n) is 8.75. The van der Waals surface area contributed by atoms with Crippen molar-refractivity contribution < 1.29 is 13.7 Å². The maximum Gasteiger partial charge on any atom is 0.354 e. The van der Waals surface area contributed by atoms with E-state index in [2.05, 4.69) is 20.8 Å². The number of urea groups is 1. The van der Waals surface area contributed by atoms with E-state index in [0.29, 0.717) is 19.0 Å². The predicted octanol–water partition coefficient (Wildman–Crippen LogP) is 2.12. The number of carbonyl (C=O) groups excluding carboxylic acids is 1. The van der Waals surface area contributed by atoms with Crippen LogP contribution in [0.15, 0.2) is 21.5 Å². The van der Waals surface area contributed by atoms with Gasteiger partial charge in [-0.15, -0.1) is 4.36 Å². The van der Waals surface area contributed by atoms with Gasteiger partial charge in [0, 0.05) is 5.69 Å². The van der Waals surface area contributed by atoms with Gasteiger partial charge in [-0.25, -0.2) is 18.8 Å². The number of aromatic nitrogens is 2. The smallest absolute Gasteiger partial charge is 0.354 e. The first-order chi connectivity index (χ1) is 14.8. The number of carbonyl (C=O) groups is 1. The monoisotopic (exact) mass is 444 g/mol. The number of hydrogen-bond acceptors (Lipinski definition) is 5. The Kier molecular flexibility index (Phi) is 5.03. The van der Waals surface area contributed by atoms with Gasteiger partial charge < -0.3 is 15.0 Å². The summed E-state index contributed by atoms with van der Waals surface area (Å²) >= 11 is 0. The second kappa shape index (κ2) is 7.61. The lowest BCUT2D eigenvalue weighted by Gasteiger charge is -2.29. The number of ether oxygens (including phenoxy) is 1. The van der Waals surface area contributed by atoms with Crippen molar-refractivity contribution in [1.29, 1.82) is 0 Å². The van der Waals surface area contributed by atoms with Crippen LogP contribution in [0.1, 0.15) is 35.1 Å². The molecule has 0 bridgehead atoms. The van der Waals surface area contributed by atoms with Crippen LogP contribution in [0.2, 0.25) is 0 Å². The zero-order valence-corrected chi connectivity index (χ0v) is 18.7. The Morgan fingerprint density at radius 3 is 2.58 bits per heavy atom. The largest absolute Gasteiger partial charge is 0.475 e. The van der Waals surface area contributed by atoms with Gasteiger partial charge >= 0.3 is 6.03 Å². The summed E-state index contributed by atoms with van der Waals surface area (Å²) in [7, 11) is 0.427. The third-order valence-electron chi connectivity index (χ3n) is 6.52. The van der Waals surface area contributed by atoms with E-state index in [-0.39, 0.29) is 10.9 Å². The van der Waals surface area contributed by atoms with Crippen LogP contribution in [-0.4, -0.2) is 51.7 Å². The Bertz CT molecular complexity index is 1150. The van der Waals surface area contributed by atoms with E-state index < -0.39 is 15.9 Å². The molecule has 0 saturated carbocycles. The molecule has 10 heteroatoms. The Labute approximate surface area is 182 Å². The molecule has 3 aliphatic rings. The van der Waals surface area contributed by atoms with Gasteiger partial charge in [-0.05, 0) is 74.9 Å². The zero-order valence-electron chi connectivity index (χ0n) is 17.9. The second-order valence-corrected chi connectivity index (χ2v) is 10.5. The van der Waals surface area contributed by atoms with Crippen LogP contribution < -0.4 is 15.2 Å². The Morgan fingerprint density at radius 1 is 1.26 bits per heavy atom. The molecule has 9 nitrogen and oxygen atoms in total. The maximum atomic E-state index is 13.2. The first kappa shape index (κ1) is 20.5. The standard InChI is InChI=1S/C21H28N6O3S/c1-26(2)15-11-27-20(30-12-15)18(10-23-27)31(22,29)25-21(28)24-19-16-7-3-5-13(16)9-14-6-4-8-17(14)19/h9-10,15H,3-8,11-12H2,1-2H3,(H3,22,24,25,28,29). The molecule has 1 aliphatic heterocycles. The number of amides is 2. The summed E-state index contributed by atoms with van der Waals surface area (Å²) in [6, 6.07) is 1.75. The molecule has 0 radical (unpaired) electrons. The number of hydrogen-bond donors (Lipinski definition) is 2. The lowest BCUT2D eigenvalue weighted by molar-refractivity contribution is 0.117. The number of likely N-dealkylation sites (N-methyl/N-ethyl adjacent to an activating group) is 1. The zero-order chi connectivity index (χ0) is 21.8. The molecule has 2 amide bonds. The molecule has 5 rings (SSSR count). The topological polar surface area (TPSA) is 115 Å². The van der Waals surface area contributed by atoms with Crippen LogP contribution in [-0.2, 0) is 42.1 Å². The number of benzene rings is 1. The van der Waals surface area contributed by atoms with Crippen LogP contribution in [0, 0.1) is 0 Å². The fourth-order valence-electron chi connectivity index (χ4n) is 4.84. The molecule has 1 aromatic heterocycles. The molecular formula is C21H28N6O3S. The number of nitrogens with one attached hydrogen (secondary N) is 1. The van der Waals surface area contributed by atoms with Crippen LogP contribution in [0.3, 0.4) is 0 Å². The SMILES string of the molecule is CN(C)C1COc2c(S(N)(=O)=NC(=O)Nc3c4c(cc5c3CCC5)CCC4)cnn2C1. The minimum Gasteiger partial charge on any atom is -0.475 e. The van der Waals surface area contributed by atoms with E-state index in [9.17, 15) is 9.00 Å². The van der Waals surface area contributed by atoms with E-state index in [4.69, 9.17) is 9.88 Å². The van der Waals surface area contributed by atoms with Gasteiger partial charge in [0.2, 0.25) is 5.88 Å². The summed E-state index contributed by atoms with van der Waals surface area (Å²) in [5.74, 6) is 0.323. The quantitative estimate of drug-likeness (QED) is 0.752. The van der Waals surface area contributed by atoms with Gasteiger partial charge in [0.05, 0.1) is 18.8 Å². The summed E-state index contributed by atoms with van der Waals surface area (Å²) in [6.45, 7) is 1.02. The average molecular weight is 445 g/mol. The molecule has 2 aromatic rings. The molecule has 0 saturated heterocycles. The maximum absolute atomic E-state index is 13.2. The lowest BCUT2D eigenvalue weighted by Crippen LogP contribution is -2.41. The van der Waals surface area contributed by atoms with Gasteiger partial charge in [-0.2, -0.15) is 5.10 Å². The van der Waals surface area contributed by atoms with Crippen molar-refractivity contribution in [3.05, 3.63) is 34.5 Å². The first-order valence-electron chi connectivity index (χ1n) is 10.7. The van der Waals surface area contributed by atoms with Crippen LogP contribution >= 0.6 is 0 Å². The highest BCUT2D eigenvalue weighted by molar-refractivity contribution is 7.91. The summed E-state index contributed by atoms with van der Waals surface area (Å²) in [5.41, 5.74) is 5.84. The van der Waals surface area contributed by atoms with Crippen LogP contribution in [0.4, 0.5) is 10.5 Å². The number of aryl methyl sites for hydroxylation is 2. The lowest BCUT2D eigenvalue weighted by atomic mass is 9.99. The molecule has 0 spiro atoms. The Hall–Kier alpha value is -2.43. The molecule has 2 heterocycles. The van der Waals surface area contributed by atoms with Gasteiger partial charge in [0.1, 0.15) is 11.5 Å². The third-order valence-corrected chi connectivity index (χ3v) is 7.87. The fourth-order valence-corrected chi connectivity index (χ4v) is 5.85. The summed E-state index contributed by atoms with van der Waals surface area (Å²) in [5, 5.41) is 13.2. The highest BCUT2D eigenvalue weighted by Gasteiger charge is 2.29. The van der Waals surface area contributed by atoms with E-state index in [0.717, 1.165) is 44.2 Å². The summed E-state index contributed by atoms with van der Waals surface area (Å²) in [4.78, 5) is 15.0. The average Bonchev–Trinajstić information content (AvgIpc) is 3.45. The number of nitrogens with zero attached hydrogens (tertiary/aromatic N) is 4. The number of rotatable bonds is 3. The minimum atomic E-state index is -3.50. The van der Waals surface area contributed by atoms with Crippen molar-refractivity contribution in [2.45, 2.75) is 56.0 Å². The van der Waals surface area contributed by atoms with Crippen molar-refractivity contribution in [2.75, 3.05) is 26.0 Å². The van der Waals surface area contributed by atoms with Gasteiger partial charge in [-0.1, -0.05) is 6.07 Å². The highest BCUT2D eigenvalue weighted by Crippen LogP contribution is 2.38. The third kappa shape index (κ3) is 3.62. The molecule has 2 atom stereocenters. The van der Waals surface area contributed by atoms with E-state index >= 15 is 0 Å². The van der Waals surface area contributed by atoms with Crippen molar-refractivity contribution in [1.82, 2.24) is 14.7 Å². The van der Waals surface area contributed by atoms with Crippen LogP contribution in [0.25, 0.3) is 0 Å². The first-order valence-corrected chi connectivity index (χ1v) is 12.3. The highest BCUT2D eigenvalue weighted by atomic mass is 32.2. The molecule has 2 aliphatic carbocycles. The summed E-state index contributed by atoms with van der Waals surface area (Å²) in [6.07, 6.45) is 7.50. The molecule has 2 unspecified atom stereocenters. The Balaban J connectivity index is 1.44. The fraction of sp³-hybridized carbons (Fsp3) is 0.524. The number of nitrogens with two attached hydrogens (primary N) is 1. The van der Waals surface area contributed by atoms with Crippen LogP contribution in [0.5, 0.6) is 5.88 Å². The molecule has 3 N–H and O–H groups in total. The predicted molar refractivity (Wildman–Crippen MR) is 118 cm³/mol. The molecule has 1 aromatic carbocycles. The van der Waals surface area contributed by atoms with Crippen molar-refractivity contribution in [3.8, 4) is 5.88 Å². The van der Waals surface area contributed by atoms with Crippen molar-refractivity contribution in [2.24, 2.45) is 9.50 Å². The molecule has 31 heavy (non-hydrogen) atoms. The Morgan fingerprint density at radius 2 is 1.94 bits per heavy atom. The van der Waals surface area contributed by atoms with E-state index in [1.165, 1.54) is 28.5 Å². The van der Waals surface area contributed by atoms with Crippen molar-refractivity contribution >= 4 is 21.6 Å². The van der Waals surface area contributed by atoms with E-state index in [1.807, 2.05) is 19.0 Å². The van der Waals surface area contributed by atoms with Gasteiger partial charge in [0.15, 0.2) is 9.92 Å². The molecular weight excluding hydrogens is 416 g/mol. The molecule has 166 valence electrons. The minimum absolute atomic E-state index is 0.150. The van der Waals surface area contributed by atoms with Crippen molar-refractivity contribution in [3.63, 3.8) is 0 Å². The normalized spacial score (nSPS) is 21.1. The number of fused-ring (bicyclic) bond motifs is 3. The van der Waals surface area contributed by atoms with Gasteiger partial charge in [0.25, 0.3) is 0 Å². The van der Waals surface area contributed by atoms with Gasteiger partial charge in [-0.3, -0.25) is 0 Å².